The van der Waals surface area contributed by atoms with Gasteiger partial charge in [0.25, 0.3) is 0 Å². The topological polar surface area (TPSA) is 38.4 Å². The molecule has 0 aromatic heterocycles. The van der Waals surface area contributed by atoms with E-state index in [0.717, 1.165) is 20.1 Å². The molecule has 0 aliphatic carbocycles. The van der Waals surface area contributed by atoms with Crippen molar-refractivity contribution in [1.82, 2.24) is 0 Å². The third kappa shape index (κ3) is 5.41. The lowest BCUT2D eigenvalue weighted by Crippen LogP contribution is -1.98. The molecule has 1 aromatic carbocycles. The summed E-state index contributed by atoms with van der Waals surface area (Å²) in [5.74, 6) is 0.976. The second-order valence-electron chi connectivity index (χ2n) is 3.23. The van der Waals surface area contributed by atoms with Gasteiger partial charge >= 0.3 is 0 Å². The lowest BCUT2D eigenvalue weighted by Gasteiger charge is -2.01. The molecule has 0 atom stereocenters. The molecule has 0 saturated heterocycles. The van der Waals surface area contributed by atoms with Crippen LogP contribution in [0, 0.1) is 0 Å². The predicted molar refractivity (Wildman–Crippen MR) is 87.3 cm³/mol. The highest BCUT2D eigenvalue weighted by Gasteiger charge is 1.97. The summed E-state index contributed by atoms with van der Waals surface area (Å²) in [6.07, 6.45) is 1.86. The lowest BCUT2D eigenvalue weighted by atomic mass is 10.1. The van der Waals surface area contributed by atoms with E-state index in [4.69, 9.17) is 5.73 Å². The first-order valence-electron chi connectivity index (χ1n) is 5.22. The number of thioether (sulfide) groups is 1. The molecule has 0 radical (unpaired) electrons. The molecular formula is C13H15IN2S. The summed E-state index contributed by atoms with van der Waals surface area (Å²) < 4.78 is 0.843. The van der Waals surface area contributed by atoms with Crippen LogP contribution in [0.2, 0.25) is 0 Å². The van der Waals surface area contributed by atoms with Gasteiger partial charge in [0.2, 0.25) is 0 Å². The quantitative estimate of drug-likeness (QED) is 0.637. The molecule has 4 heteroatoms. The molecule has 90 valence electrons. The monoisotopic (exact) mass is 358 g/mol. The summed E-state index contributed by atoms with van der Waals surface area (Å²) in [6, 6.07) is 9.85. The van der Waals surface area contributed by atoms with E-state index in [1.54, 1.807) is 11.8 Å². The summed E-state index contributed by atoms with van der Waals surface area (Å²) in [5.41, 5.74) is 7.71. The van der Waals surface area contributed by atoms with Crippen LogP contribution in [0.25, 0.3) is 5.70 Å². The van der Waals surface area contributed by atoms with Crippen LogP contribution in [0.15, 0.2) is 53.0 Å². The van der Waals surface area contributed by atoms with Crippen molar-refractivity contribution in [2.75, 3.05) is 5.75 Å². The van der Waals surface area contributed by atoms with E-state index in [-0.39, 0.29) is 0 Å². The Morgan fingerprint density at radius 3 is 2.71 bits per heavy atom. The first-order valence-corrected chi connectivity index (χ1v) is 7.28. The SMILES string of the molecule is C=C(N=C(I)/C=C(\N)c1ccccc1)SCC. The molecule has 2 nitrogen and oxygen atoms in total. The van der Waals surface area contributed by atoms with Crippen LogP contribution in [-0.4, -0.2) is 9.47 Å². The molecule has 0 heterocycles. The van der Waals surface area contributed by atoms with Crippen molar-refractivity contribution in [3.05, 3.63) is 53.6 Å². The van der Waals surface area contributed by atoms with Crippen LogP contribution in [0.1, 0.15) is 12.5 Å². The second-order valence-corrected chi connectivity index (χ2v) is 5.67. The number of halogens is 1. The molecule has 2 N–H and O–H groups in total. The summed E-state index contributed by atoms with van der Waals surface area (Å²) in [6.45, 7) is 5.94. The van der Waals surface area contributed by atoms with Crippen molar-refractivity contribution in [3.8, 4) is 0 Å². The highest BCUT2D eigenvalue weighted by Crippen LogP contribution is 2.16. The van der Waals surface area contributed by atoms with Gasteiger partial charge in [0.05, 0.1) is 5.03 Å². The summed E-state index contributed by atoms with van der Waals surface area (Å²) in [4.78, 5) is 4.35. The molecule has 1 aromatic rings. The van der Waals surface area contributed by atoms with Gasteiger partial charge in [-0.15, -0.1) is 11.8 Å². The Balaban J connectivity index is 2.78. The Kier molecular flexibility index (Phi) is 6.36. The standard InChI is InChI=1S/C13H15IN2S/c1-3-17-10(2)16-13(14)9-12(15)11-7-5-4-6-8-11/h4-9H,2-3,15H2,1H3/b12-9-,16-13?. The van der Waals surface area contributed by atoms with E-state index in [0.29, 0.717) is 5.70 Å². The van der Waals surface area contributed by atoms with Crippen molar-refractivity contribution in [2.24, 2.45) is 10.7 Å². The molecule has 17 heavy (non-hydrogen) atoms. The molecule has 0 aliphatic rings. The Hall–Kier alpha value is -0.750. The van der Waals surface area contributed by atoms with Crippen molar-refractivity contribution >= 4 is 43.8 Å². The van der Waals surface area contributed by atoms with Gasteiger partial charge in [0.1, 0.15) is 3.72 Å². The van der Waals surface area contributed by atoms with Crippen molar-refractivity contribution in [3.63, 3.8) is 0 Å². The van der Waals surface area contributed by atoms with Crippen molar-refractivity contribution in [1.29, 1.82) is 0 Å². The molecule has 1 rings (SSSR count). The Morgan fingerprint density at radius 1 is 1.47 bits per heavy atom. The summed E-state index contributed by atoms with van der Waals surface area (Å²) in [7, 11) is 0. The Labute approximate surface area is 120 Å². The number of nitrogens with zero attached hydrogens (tertiary/aromatic N) is 1. The fourth-order valence-corrected chi connectivity index (χ4v) is 2.48. The van der Waals surface area contributed by atoms with E-state index in [1.807, 2.05) is 36.4 Å². The van der Waals surface area contributed by atoms with Crippen LogP contribution in [-0.2, 0) is 0 Å². The molecule has 0 amide bonds. The first-order chi connectivity index (χ1) is 8.13. The van der Waals surface area contributed by atoms with Gasteiger partial charge in [0.15, 0.2) is 0 Å². The fourth-order valence-electron chi connectivity index (χ4n) is 1.19. The van der Waals surface area contributed by atoms with Gasteiger partial charge < -0.3 is 5.73 Å². The second kappa shape index (κ2) is 7.55. The smallest absolute Gasteiger partial charge is 0.104 e. The molecule has 0 saturated carbocycles. The molecule has 0 spiro atoms. The largest absolute Gasteiger partial charge is 0.398 e. The average Bonchev–Trinajstić information content (AvgIpc) is 2.30. The summed E-state index contributed by atoms with van der Waals surface area (Å²) >= 11 is 3.78. The van der Waals surface area contributed by atoms with Gasteiger partial charge in [-0.2, -0.15) is 0 Å². The highest BCUT2D eigenvalue weighted by molar-refractivity contribution is 14.1. The molecule has 0 aliphatic heterocycles. The molecule has 0 fully saturated rings. The zero-order valence-corrected chi connectivity index (χ0v) is 12.7. The summed E-state index contributed by atoms with van der Waals surface area (Å²) in [5, 5.41) is 0.814. The van der Waals surface area contributed by atoms with Gasteiger partial charge in [-0.05, 0) is 40.0 Å². The predicted octanol–water partition coefficient (Wildman–Crippen LogP) is 4.04. The number of hydrogen-bond acceptors (Lipinski definition) is 3. The van der Waals surface area contributed by atoms with Gasteiger partial charge in [-0.25, -0.2) is 4.99 Å². The lowest BCUT2D eigenvalue weighted by molar-refractivity contribution is 1.49. The van der Waals surface area contributed by atoms with Crippen molar-refractivity contribution in [2.45, 2.75) is 6.92 Å². The minimum Gasteiger partial charge on any atom is -0.398 e. The number of hydrogen-bond donors (Lipinski definition) is 1. The third-order valence-electron chi connectivity index (χ3n) is 1.92. The van der Waals surface area contributed by atoms with Crippen LogP contribution in [0.5, 0.6) is 0 Å². The van der Waals surface area contributed by atoms with Crippen LogP contribution >= 0.6 is 34.4 Å². The van der Waals surface area contributed by atoms with Crippen LogP contribution < -0.4 is 5.73 Å². The fraction of sp³-hybridized carbons (Fsp3) is 0.154. The van der Waals surface area contributed by atoms with Gasteiger partial charge in [-0.3, -0.25) is 0 Å². The first kappa shape index (κ1) is 14.3. The number of rotatable bonds is 5. The van der Waals surface area contributed by atoms with E-state index >= 15 is 0 Å². The van der Waals surface area contributed by atoms with E-state index in [1.165, 1.54) is 0 Å². The van der Waals surface area contributed by atoms with Crippen LogP contribution in [0.4, 0.5) is 0 Å². The normalized spacial score (nSPS) is 12.6. The third-order valence-corrected chi connectivity index (χ3v) is 3.19. The van der Waals surface area contributed by atoms with E-state index in [2.05, 4.69) is 41.1 Å². The maximum absolute atomic E-state index is 5.98. The average molecular weight is 358 g/mol. The molecular weight excluding hydrogens is 343 g/mol. The Bertz CT molecular complexity index is 438. The number of aliphatic imine (C=N–C) groups is 1. The van der Waals surface area contributed by atoms with E-state index < -0.39 is 0 Å². The minimum atomic E-state index is 0.716. The maximum atomic E-state index is 5.98. The number of allylic oxidation sites excluding steroid dienone is 1. The maximum Gasteiger partial charge on any atom is 0.104 e. The minimum absolute atomic E-state index is 0.716. The number of benzene rings is 1. The number of nitrogens with two attached hydrogens (primary N) is 1. The molecule has 0 unspecified atom stereocenters. The van der Waals surface area contributed by atoms with Crippen LogP contribution in [0.3, 0.4) is 0 Å². The van der Waals surface area contributed by atoms with E-state index in [9.17, 15) is 0 Å². The van der Waals surface area contributed by atoms with Gasteiger partial charge in [0, 0.05) is 5.70 Å². The zero-order valence-electron chi connectivity index (χ0n) is 9.69. The zero-order chi connectivity index (χ0) is 12.7. The van der Waals surface area contributed by atoms with Crippen molar-refractivity contribution < 1.29 is 0 Å². The Morgan fingerprint density at radius 2 is 2.12 bits per heavy atom. The van der Waals surface area contributed by atoms with Gasteiger partial charge in [-0.1, -0.05) is 43.8 Å². The highest BCUT2D eigenvalue weighted by atomic mass is 127. The molecule has 0 bridgehead atoms.